The van der Waals surface area contributed by atoms with Gasteiger partial charge in [-0.15, -0.1) is 0 Å². The van der Waals surface area contributed by atoms with E-state index in [1.54, 1.807) is 4.57 Å². The van der Waals surface area contributed by atoms with Gasteiger partial charge in [0.1, 0.15) is 30.2 Å². The molecule has 1 aliphatic heterocycles. The van der Waals surface area contributed by atoms with Gasteiger partial charge in [-0.1, -0.05) is 6.92 Å². The third kappa shape index (κ3) is 2.86. The summed E-state index contributed by atoms with van der Waals surface area (Å²) in [5.41, 5.74) is 9.39. The highest BCUT2D eigenvalue weighted by molar-refractivity contribution is 5.81. The molecule has 2 unspecified atom stereocenters. The Labute approximate surface area is 132 Å². The van der Waals surface area contributed by atoms with Crippen LogP contribution in [0.15, 0.2) is 12.7 Å². The third-order valence-electron chi connectivity index (χ3n) is 3.72. The van der Waals surface area contributed by atoms with Gasteiger partial charge in [-0.25, -0.2) is 20.4 Å². The lowest BCUT2D eigenvalue weighted by atomic mass is 10.1. The number of nitrogens with zero attached hydrogens (tertiary/aromatic N) is 4. The fraction of sp³-hybridized carbons (Fsp3) is 0.615. The van der Waals surface area contributed by atoms with E-state index in [1.807, 2.05) is 6.92 Å². The molecule has 1 aliphatic rings. The number of fused-ring (bicyclic) bond motifs is 1. The average Bonchev–Trinajstić information content (AvgIpc) is 3.10. The number of nitrogens with one attached hydrogen (secondary N) is 1. The van der Waals surface area contributed by atoms with Crippen LogP contribution in [-0.4, -0.2) is 61.2 Å². The number of nitrogens with two attached hydrogens (primary N) is 1. The minimum atomic E-state index is -1.01. The lowest BCUT2D eigenvalue weighted by Gasteiger charge is -2.19. The maximum absolute atomic E-state index is 10.5. The Morgan fingerprint density at radius 2 is 2.26 bits per heavy atom. The fourth-order valence-electron chi connectivity index (χ4n) is 2.56. The molecule has 126 valence electrons. The van der Waals surface area contributed by atoms with Crippen molar-refractivity contribution in [1.82, 2.24) is 25.0 Å². The SMILES string of the molecule is CCCNOC1C(O)[C@H](n2cnc3c(N)ncnc32)O[C@@H]1CO. The zero-order valence-electron chi connectivity index (χ0n) is 12.7. The predicted octanol–water partition coefficient (Wildman–Crippen LogP) is -1.04. The second-order valence-electron chi connectivity index (χ2n) is 5.30. The smallest absolute Gasteiger partial charge is 0.167 e. The number of aliphatic hydroxyl groups excluding tert-OH is 2. The third-order valence-corrected chi connectivity index (χ3v) is 3.72. The van der Waals surface area contributed by atoms with E-state index < -0.39 is 24.5 Å². The number of aromatic nitrogens is 4. The van der Waals surface area contributed by atoms with Crippen molar-refractivity contribution >= 4 is 17.0 Å². The molecular weight excluding hydrogens is 304 g/mol. The van der Waals surface area contributed by atoms with Gasteiger partial charge in [0.2, 0.25) is 0 Å². The highest BCUT2D eigenvalue weighted by atomic mass is 16.7. The van der Waals surface area contributed by atoms with Gasteiger partial charge >= 0.3 is 0 Å². The number of hydrogen-bond donors (Lipinski definition) is 4. The lowest BCUT2D eigenvalue weighted by molar-refractivity contribution is -0.0980. The number of aliphatic hydroxyl groups is 2. The number of rotatable bonds is 6. The Kier molecular flexibility index (Phi) is 4.68. The largest absolute Gasteiger partial charge is 0.394 e. The Bertz CT molecular complexity index is 665. The highest BCUT2D eigenvalue weighted by Gasteiger charge is 2.46. The van der Waals surface area contributed by atoms with Crippen LogP contribution in [0.4, 0.5) is 5.82 Å². The summed E-state index contributed by atoms with van der Waals surface area (Å²) in [5, 5.41) is 20.0. The number of nitrogen functional groups attached to an aromatic ring is 1. The summed E-state index contributed by atoms with van der Waals surface area (Å²) in [6, 6.07) is 0. The van der Waals surface area contributed by atoms with E-state index in [0.717, 1.165) is 6.42 Å². The molecular formula is C13H20N6O4. The van der Waals surface area contributed by atoms with Gasteiger partial charge < -0.3 is 20.7 Å². The molecule has 10 nitrogen and oxygen atoms in total. The average molecular weight is 324 g/mol. The molecule has 0 amide bonds. The van der Waals surface area contributed by atoms with Crippen molar-refractivity contribution in [3.05, 3.63) is 12.7 Å². The molecule has 1 saturated heterocycles. The predicted molar refractivity (Wildman–Crippen MR) is 79.9 cm³/mol. The minimum absolute atomic E-state index is 0.248. The molecule has 1 fully saturated rings. The van der Waals surface area contributed by atoms with Crippen molar-refractivity contribution in [3.63, 3.8) is 0 Å². The van der Waals surface area contributed by atoms with E-state index in [2.05, 4.69) is 20.4 Å². The second kappa shape index (κ2) is 6.72. The Balaban J connectivity index is 1.86. The molecule has 23 heavy (non-hydrogen) atoms. The first kappa shape index (κ1) is 16.0. The first-order valence-electron chi connectivity index (χ1n) is 7.43. The maximum Gasteiger partial charge on any atom is 0.167 e. The van der Waals surface area contributed by atoms with Crippen LogP contribution in [-0.2, 0) is 9.57 Å². The summed E-state index contributed by atoms with van der Waals surface area (Å²) in [4.78, 5) is 17.6. The first-order valence-corrected chi connectivity index (χ1v) is 7.43. The minimum Gasteiger partial charge on any atom is -0.394 e. The summed E-state index contributed by atoms with van der Waals surface area (Å²) >= 11 is 0. The zero-order valence-corrected chi connectivity index (χ0v) is 12.7. The summed E-state index contributed by atoms with van der Waals surface area (Å²) < 4.78 is 7.27. The van der Waals surface area contributed by atoms with Crippen LogP contribution in [0.5, 0.6) is 0 Å². The molecule has 0 aromatic carbocycles. The monoisotopic (exact) mass is 324 g/mol. The lowest BCUT2D eigenvalue weighted by Crippen LogP contribution is -2.40. The summed E-state index contributed by atoms with van der Waals surface area (Å²) in [6.07, 6.45) is 0.477. The van der Waals surface area contributed by atoms with E-state index in [9.17, 15) is 10.2 Å². The standard InChI is InChI=1S/C13H20N6O4/c1-2-3-18-23-10-7(4-20)22-13(9(10)21)19-6-17-8-11(14)15-5-16-12(8)19/h5-7,9-10,13,18,20-21H,2-4H2,1H3,(H2,14,15,16)/t7-,9?,10?,13-/m1/s1. The first-order chi connectivity index (χ1) is 11.2. The molecule has 3 rings (SSSR count). The van der Waals surface area contributed by atoms with Crippen molar-refractivity contribution in [1.29, 1.82) is 0 Å². The van der Waals surface area contributed by atoms with Crippen molar-refractivity contribution in [3.8, 4) is 0 Å². The van der Waals surface area contributed by atoms with Gasteiger partial charge in [-0.05, 0) is 6.42 Å². The molecule has 2 aromatic rings. The Hall–Kier alpha value is -1.85. The Morgan fingerprint density at radius 3 is 3.00 bits per heavy atom. The van der Waals surface area contributed by atoms with Crippen molar-refractivity contribution in [2.24, 2.45) is 0 Å². The molecule has 10 heteroatoms. The quantitative estimate of drug-likeness (QED) is 0.387. The van der Waals surface area contributed by atoms with E-state index >= 15 is 0 Å². The molecule has 2 aromatic heterocycles. The van der Waals surface area contributed by atoms with E-state index in [1.165, 1.54) is 12.7 Å². The van der Waals surface area contributed by atoms with Crippen LogP contribution in [0.1, 0.15) is 19.6 Å². The summed E-state index contributed by atoms with van der Waals surface area (Å²) in [5.74, 6) is 0.248. The van der Waals surface area contributed by atoms with Gasteiger partial charge in [-0.2, -0.15) is 0 Å². The topological polar surface area (TPSA) is 141 Å². The Morgan fingerprint density at radius 1 is 1.43 bits per heavy atom. The normalized spacial score (nSPS) is 27.8. The van der Waals surface area contributed by atoms with Crippen LogP contribution in [0.3, 0.4) is 0 Å². The molecule has 0 aliphatic carbocycles. The second-order valence-corrected chi connectivity index (χ2v) is 5.30. The van der Waals surface area contributed by atoms with Crippen LogP contribution in [0, 0.1) is 0 Å². The van der Waals surface area contributed by atoms with Crippen molar-refractivity contribution in [2.75, 3.05) is 18.9 Å². The van der Waals surface area contributed by atoms with Crippen LogP contribution in [0.2, 0.25) is 0 Å². The molecule has 5 N–H and O–H groups in total. The number of hydrogen-bond acceptors (Lipinski definition) is 9. The fourth-order valence-corrected chi connectivity index (χ4v) is 2.56. The van der Waals surface area contributed by atoms with Crippen LogP contribution in [0.25, 0.3) is 11.2 Å². The number of ether oxygens (including phenoxy) is 1. The van der Waals surface area contributed by atoms with Gasteiger partial charge in [0.25, 0.3) is 0 Å². The number of hydroxylamine groups is 1. The molecule has 4 atom stereocenters. The van der Waals surface area contributed by atoms with Crippen molar-refractivity contribution < 1.29 is 19.8 Å². The molecule has 0 bridgehead atoms. The zero-order chi connectivity index (χ0) is 16.4. The molecule has 3 heterocycles. The van der Waals surface area contributed by atoms with E-state index in [4.69, 9.17) is 15.3 Å². The van der Waals surface area contributed by atoms with Crippen molar-refractivity contribution in [2.45, 2.75) is 37.9 Å². The van der Waals surface area contributed by atoms with E-state index in [0.29, 0.717) is 17.7 Å². The van der Waals surface area contributed by atoms with Gasteiger partial charge in [0.05, 0.1) is 12.9 Å². The summed E-state index contributed by atoms with van der Waals surface area (Å²) in [7, 11) is 0. The summed E-state index contributed by atoms with van der Waals surface area (Å²) in [6.45, 7) is 2.34. The molecule has 0 saturated carbocycles. The van der Waals surface area contributed by atoms with E-state index in [-0.39, 0.29) is 12.4 Å². The highest BCUT2D eigenvalue weighted by Crippen LogP contribution is 2.33. The maximum atomic E-state index is 10.5. The van der Waals surface area contributed by atoms with Crippen LogP contribution >= 0.6 is 0 Å². The van der Waals surface area contributed by atoms with Gasteiger partial charge in [0.15, 0.2) is 17.7 Å². The van der Waals surface area contributed by atoms with Gasteiger partial charge in [-0.3, -0.25) is 9.40 Å². The number of anilines is 1. The molecule has 0 spiro atoms. The van der Waals surface area contributed by atoms with Gasteiger partial charge in [0, 0.05) is 6.54 Å². The molecule has 0 radical (unpaired) electrons. The number of imidazole rings is 1. The van der Waals surface area contributed by atoms with Crippen LogP contribution < -0.4 is 11.2 Å².